The van der Waals surface area contributed by atoms with Crippen LogP contribution in [0.3, 0.4) is 0 Å². The Morgan fingerprint density at radius 1 is 1.47 bits per heavy atom. The average molecular weight is 271 g/mol. The number of nitrogens with two attached hydrogens (primary N) is 1. The summed E-state index contributed by atoms with van der Waals surface area (Å²) in [5.41, 5.74) is 5.66. The van der Waals surface area contributed by atoms with Gasteiger partial charge in [-0.05, 0) is 41.2 Å². The van der Waals surface area contributed by atoms with Gasteiger partial charge in [0.1, 0.15) is 12.1 Å². The standard InChI is InChI=1S/C10H15BrN4/c11-9-6-13-7-14-10(9)15-3-1-8(5-12)2-4-15/h6-8H,1-5,12H2. The minimum Gasteiger partial charge on any atom is -0.356 e. The molecular formula is C10H15BrN4. The molecule has 1 aliphatic heterocycles. The second-order valence-electron chi connectivity index (χ2n) is 3.86. The van der Waals surface area contributed by atoms with E-state index in [4.69, 9.17) is 5.73 Å². The molecule has 1 aromatic heterocycles. The van der Waals surface area contributed by atoms with Crippen molar-refractivity contribution in [1.82, 2.24) is 9.97 Å². The lowest BCUT2D eigenvalue weighted by Crippen LogP contribution is -2.36. The summed E-state index contributed by atoms with van der Waals surface area (Å²) in [6.07, 6.45) is 5.70. The Morgan fingerprint density at radius 2 is 2.20 bits per heavy atom. The fourth-order valence-corrected chi connectivity index (χ4v) is 2.39. The van der Waals surface area contributed by atoms with Crippen LogP contribution in [0.1, 0.15) is 12.8 Å². The molecule has 1 saturated heterocycles. The second kappa shape index (κ2) is 4.90. The lowest BCUT2D eigenvalue weighted by Gasteiger charge is -2.32. The van der Waals surface area contributed by atoms with Gasteiger partial charge in [-0.3, -0.25) is 0 Å². The van der Waals surface area contributed by atoms with Gasteiger partial charge in [0.25, 0.3) is 0 Å². The molecule has 0 bridgehead atoms. The van der Waals surface area contributed by atoms with E-state index >= 15 is 0 Å². The quantitative estimate of drug-likeness (QED) is 0.883. The highest BCUT2D eigenvalue weighted by molar-refractivity contribution is 9.10. The van der Waals surface area contributed by atoms with Crippen molar-refractivity contribution in [2.75, 3.05) is 24.5 Å². The van der Waals surface area contributed by atoms with Crippen molar-refractivity contribution < 1.29 is 0 Å². The molecule has 1 fully saturated rings. The van der Waals surface area contributed by atoms with Gasteiger partial charge >= 0.3 is 0 Å². The van der Waals surface area contributed by atoms with Gasteiger partial charge in [-0.2, -0.15) is 0 Å². The van der Waals surface area contributed by atoms with E-state index in [1.54, 1.807) is 12.5 Å². The first-order valence-corrected chi connectivity index (χ1v) is 6.01. The number of anilines is 1. The summed E-state index contributed by atoms with van der Waals surface area (Å²) >= 11 is 3.47. The van der Waals surface area contributed by atoms with Crippen LogP contribution in [0, 0.1) is 5.92 Å². The largest absolute Gasteiger partial charge is 0.356 e. The lowest BCUT2D eigenvalue weighted by molar-refractivity contribution is 0.412. The van der Waals surface area contributed by atoms with E-state index in [-0.39, 0.29) is 0 Å². The molecule has 2 N–H and O–H groups in total. The Morgan fingerprint density at radius 3 is 2.80 bits per heavy atom. The molecular weight excluding hydrogens is 256 g/mol. The first-order valence-electron chi connectivity index (χ1n) is 5.21. The molecule has 0 saturated carbocycles. The minimum absolute atomic E-state index is 0.682. The first-order chi connectivity index (χ1) is 7.31. The molecule has 15 heavy (non-hydrogen) atoms. The third-order valence-electron chi connectivity index (χ3n) is 2.90. The Hall–Kier alpha value is -0.680. The normalized spacial score (nSPS) is 18.1. The molecule has 0 unspecified atom stereocenters. The highest BCUT2D eigenvalue weighted by Gasteiger charge is 2.20. The number of hydrogen-bond acceptors (Lipinski definition) is 4. The van der Waals surface area contributed by atoms with Crippen LogP contribution >= 0.6 is 15.9 Å². The zero-order valence-electron chi connectivity index (χ0n) is 8.56. The monoisotopic (exact) mass is 270 g/mol. The Balaban J connectivity index is 2.04. The smallest absolute Gasteiger partial charge is 0.146 e. The fourth-order valence-electron chi connectivity index (χ4n) is 1.92. The summed E-state index contributed by atoms with van der Waals surface area (Å²) in [5.74, 6) is 1.68. The summed E-state index contributed by atoms with van der Waals surface area (Å²) in [6, 6.07) is 0. The molecule has 2 heterocycles. The summed E-state index contributed by atoms with van der Waals surface area (Å²) in [7, 11) is 0. The van der Waals surface area contributed by atoms with E-state index in [0.717, 1.165) is 42.8 Å². The van der Waals surface area contributed by atoms with Gasteiger partial charge in [0.05, 0.1) is 4.47 Å². The predicted octanol–water partition coefficient (Wildman–Crippen LogP) is 1.41. The van der Waals surface area contributed by atoms with Crippen LogP contribution in [0.2, 0.25) is 0 Å². The minimum atomic E-state index is 0.682. The maximum Gasteiger partial charge on any atom is 0.146 e. The lowest BCUT2D eigenvalue weighted by atomic mass is 9.97. The maximum absolute atomic E-state index is 5.66. The van der Waals surface area contributed by atoms with E-state index in [1.807, 2.05) is 0 Å². The summed E-state index contributed by atoms with van der Waals surface area (Å²) < 4.78 is 0.969. The average Bonchev–Trinajstić information content (AvgIpc) is 2.30. The van der Waals surface area contributed by atoms with Crippen molar-refractivity contribution >= 4 is 21.7 Å². The third kappa shape index (κ3) is 2.46. The molecule has 0 radical (unpaired) electrons. The molecule has 5 heteroatoms. The Labute approximate surface area is 98.0 Å². The Kier molecular flexibility index (Phi) is 3.53. The molecule has 4 nitrogen and oxygen atoms in total. The first kappa shape index (κ1) is 10.8. The van der Waals surface area contributed by atoms with Crippen LogP contribution < -0.4 is 10.6 Å². The van der Waals surface area contributed by atoms with Crippen molar-refractivity contribution in [3.63, 3.8) is 0 Å². The molecule has 0 spiro atoms. The van der Waals surface area contributed by atoms with Gasteiger partial charge in [0.2, 0.25) is 0 Å². The Bertz CT molecular complexity index is 323. The number of aromatic nitrogens is 2. The van der Waals surface area contributed by atoms with Crippen molar-refractivity contribution in [2.24, 2.45) is 11.7 Å². The summed E-state index contributed by atoms with van der Waals surface area (Å²) in [4.78, 5) is 10.5. The molecule has 1 aromatic rings. The number of hydrogen-bond donors (Lipinski definition) is 1. The number of rotatable bonds is 2. The second-order valence-corrected chi connectivity index (χ2v) is 4.71. The highest BCUT2D eigenvalue weighted by Crippen LogP contribution is 2.26. The topological polar surface area (TPSA) is 55.0 Å². The third-order valence-corrected chi connectivity index (χ3v) is 3.45. The van der Waals surface area contributed by atoms with Crippen molar-refractivity contribution in [3.8, 4) is 0 Å². The molecule has 0 aliphatic carbocycles. The van der Waals surface area contributed by atoms with E-state index < -0.39 is 0 Å². The summed E-state index contributed by atoms with van der Waals surface area (Å²) in [5, 5.41) is 0. The highest BCUT2D eigenvalue weighted by atomic mass is 79.9. The van der Waals surface area contributed by atoms with Crippen LogP contribution in [0.25, 0.3) is 0 Å². The van der Waals surface area contributed by atoms with Crippen LogP contribution in [-0.2, 0) is 0 Å². The van der Waals surface area contributed by atoms with Gasteiger partial charge in [-0.1, -0.05) is 0 Å². The van der Waals surface area contributed by atoms with Gasteiger partial charge in [-0.15, -0.1) is 0 Å². The number of nitrogens with zero attached hydrogens (tertiary/aromatic N) is 3. The van der Waals surface area contributed by atoms with Crippen LogP contribution in [0.4, 0.5) is 5.82 Å². The van der Waals surface area contributed by atoms with Crippen molar-refractivity contribution in [2.45, 2.75) is 12.8 Å². The number of piperidine rings is 1. The van der Waals surface area contributed by atoms with Gasteiger partial charge in [0.15, 0.2) is 0 Å². The van der Waals surface area contributed by atoms with E-state index in [0.29, 0.717) is 5.92 Å². The SMILES string of the molecule is NCC1CCN(c2ncncc2Br)CC1. The molecule has 82 valence electrons. The van der Waals surface area contributed by atoms with E-state index in [2.05, 4.69) is 30.8 Å². The van der Waals surface area contributed by atoms with Gasteiger partial charge in [-0.25, -0.2) is 9.97 Å². The number of halogens is 1. The molecule has 0 amide bonds. The zero-order valence-corrected chi connectivity index (χ0v) is 10.2. The predicted molar refractivity (Wildman–Crippen MR) is 63.7 cm³/mol. The van der Waals surface area contributed by atoms with Crippen molar-refractivity contribution in [1.29, 1.82) is 0 Å². The molecule has 2 rings (SSSR count). The van der Waals surface area contributed by atoms with Gasteiger partial charge < -0.3 is 10.6 Å². The summed E-state index contributed by atoms with van der Waals surface area (Å²) in [6.45, 7) is 2.88. The molecule has 0 aromatic carbocycles. The van der Waals surface area contributed by atoms with Crippen LogP contribution in [0.15, 0.2) is 17.0 Å². The van der Waals surface area contributed by atoms with Gasteiger partial charge in [0, 0.05) is 19.3 Å². The molecule has 1 aliphatic rings. The maximum atomic E-state index is 5.66. The van der Waals surface area contributed by atoms with Crippen LogP contribution in [0.5, 0.6) is 0 Å². The van der Waals surface area contributed by atoms with Crippen molar-refractivity contribution in [3.05, 3.63) is 17.0 Å². The van der Waals surface area contributed by atoms with E-state index in [1.165, 1.54) is 0 Å². The van der Waals surface area contributed by atoms with E-state index in [9.17, 15) is 0 Å². The molecule has 0 atom stereocenters. The zero-order chi connectivity index (χ0) is 10.7. The van der Waals surface area contributed by atoms with Crippen LogP contribution in [-0.4, -0.2) is 29.6 Å². The fraction of sp³-hybridized carbons (Fsp3) is 0.600.